The van der Waals surface area contributed by atoms with Crippen LogP contribution in [0, 0.1) is 5.92 Å². The molecule has 98 valence electrons. The van der Waals surface area contributed by atoms with E-state index in [9.17, 15) is 0 Å². The van der Waals surface area contributed by atoms with Crippen molar-refractivity contribution in [2.75, 3.05) is 19.6 Å². The van der Waals surface area contributed by atoms with E-state index in [2.05, 4.69) is 24.1 Å². The number of halogens is 2. The summed E-state index contributed by atoms with van der Waals surface area (Å²) in [4.78, 5) is 2.74. The van der Waals surface area contributed by atoms with Gasteiger partial charge in [0.1, 0.15) is 0 Å². The van der Waals surface area contributed by atoms with Crippen molar-refractivity contribution in [3.05, 3.63) is 0 Å². The summed E-state index contributed by atoms with van der Waals surface area (Å²) in [6.07, 6.45) is 5.57. The lowest BCUT2D eigenvalue weighted by Gasteiger charge is -2.41. The van der Waals surface area contributed by atoms with Gasteiger partial charge in [0.15, 0.2) is 0 Å². The van der Waals surface area contributed by atoms with Gasteiger partial charge < -0.3 is 10.2 Å². The second-order valence-electron chi connectivity index (χ2n) is 5.28. The molecule has 0 bridgehead atoms. The topological polar surface area (TPSA) is 15.3 Å². The van der Waals surface area contributed by atoms with Crippen LogP contribution in [0.1, 0.15) is 39.5 Å². The Morgan fingerprint density at radius 1 is 1.12 bits per heavy atom. The van der Waals surface area contributed by atoms with E-state index in [0.717, 1.165) is 18.0 Å². The summed E-state index contributed by atoms with van der Waals surface area (Å²) >= 11 is 0. The highest BCUT2D eigenvalue weighted by Crippen LogP contribution is 2.22. The lowest BCUT2D eigenvalue weighted by Crippen LogP contribution is -2.49. The van der Waals surface area contributed by atoms with Crippen LogP contribution in [0.15, 0.2) is 0 Å². The first-order valence-corrected chi connectivity index (χ1v) is 6.23. The predicted octanol–water partition coefficient (Wildman–Crippen LogP) is 2.70. The van der Waals surface area contributed by atoms with Gasteiger partial charge in [-0.2, -0.15) is 0 Å². The van der Waals surface area contributed by atoms with Crippen molar-refractivity contribution in [2.24, 2.45) is 5.92 Å². The van der Waals surface area contributed by atoms with Crippen LogP contribution in [0.25, 0.3) is 0 Å². The fourth-order valence-electron chi connectivity index (χ4n) is 2.99. The van der Waals surface area contributed by atoms with Gasteiger partial charge in [-0.3, -0.25) is 0 Å². The van der Waals surface area contributed by atoms with Crippen LogP contribution in [0.4, 0.5) is 0 Å². The number of hydrogen-bond acceptors (Lipinski definition) is 2. The molecule has 0 aromatic rings. The van der Waals surface area contributed by atoms with Gasteiger partial charge in [0.25, 0.3) is 0 Å². The first kappa shape index (κ1) is 16.5. The summed E-state index contributed by atoms with van der Waals surface area (Å²) < 4.78 is 0. The molecule has 2 aliphatic heterocycles. The second-order valence-corrected chi connectivity index (χ2v) is 5.28. The largest absolute Gasteiger partial charge is 0.314 e. The molecule has 16 heavy (non-hydrogen) atoms. The van der Waals surface area contributed by atoms with E-state index in [1.807, 2.05) is 0 Å². The summed E-state index contributed by atoms with van der Waals surface area (Å²) in [5, 5.41) is 3.54. The molecular weight excluding hydrogens is 243 g/mol. The molecule has 2 fully saturated rings. The Morgan fingerprint density at radius 2 is 1.88 bits per heavy atom. The van der Waals surface area contributed by atoms with Gasteiger partial charge >= 0.3 is 0 Å². The zero-order valence-corrected chi connectivity index (χ0v) is 12.1. The van der Waals surface area contributed by atoms with Gasteiger partial charge in [-0.05, 0) is 51.6 Å². The van der Waals surface area contributed by atoms with Crippen molar-refractivity contribution in [1.82, 2.24) is 10.2 Å². The third-order valence-corrected chi connectivity index (χ3v) is 3.80. The standard InChI is InChI=1S/C12H24N2.2ClH/c1-10-4-3-7-14(9-10)12-5-6-13-11(2)8-12;;/h10-13H,3-9H2,1-2H3;2*1H/t10-,11-,12-;;/m1../s1. The summed E-state index contributed by atoms with van der Waals surface area (Å²) in [5.74, 6) is 0.925. The van der Waals surface area contributed by atoms with E-state index in [-0.39, 0.29) is 24.8 Å². The molecule has 0 spiro atoms. The molecule has 0 unspecified atom stereocenters. The molecule has 0 aromatic heterocycles. The quantitative estimate of drug-likeness (QED) is 0.787. The average Bonchev–Trinajstić information content (AvgIpc) is 2.18. The molecule has 4 heteroatoms. The number of nitrogens with one attached hydrogen (secondary N) is 1. The van der Waals surface area contributed by atoms with Crippen LogP contribution < -0.4 is 5.32 Å². The predicted molar refractivity (Wildman–Crippen MR) is 75.0 cm³/mol. The maximum atomic E-state index is 3.54. The highest BCUT2D eigenvalue weighted by Gasteiger charge is 2.27. The number of nitrogens with zero attached hydrogens (tertiary/aromatic N) is 1. The van der Waals surface area contributed by atoms with E-state index < -0.39 is 0 Å². The lowest BCUT2D eigenvalue weighted by atomic mass is 9.93. The number of piperidine rings is 2. The van der Waals surface area contributed by atoms with Gasteiger partial charge in [0, 0.05) is 18.6 Å². The molecule has 0 aromatic carbocycles. The van der Waals surface area contributed by atoms with Crippen molar-refractivity contribution < 1.29 is 0 Å². The third kappa shape index (κ3) is 4.40. The van der Waals surface area contributed by atoms with Crippen molar-refractivity contribution >= 4 is 24.8 Å². The monoisotopic (exact) mass is 268 g/mol. The Kier molecular flexibility index (Phi) is 8.00. The SMILES string of the molecule is C[C@@H]1CCCN([C@@H]2CCN[C@H](C)C2)C1.Cl.Cl. The van der Waals surface area contributed by atoms with Gasteiger partial charge in [-0.15, -0.1) is 24.8 Å². The minimum Gasteiger partial charge on any atom is -0.314 e. The van der Waals surface area contributed by atoms with E-state index >= 15 is 0 Å². The third-order valence-electron chi connectivity index (χ3n) is 3.80. The molecule has 0 saturated carbocycles. The fourth-order valence-corrected chi connectivity index (χ4v) is 2.99. The van der Waals surface area contributed by atoms with Crippen molar-refractivity contribution in [3.63, 3.8) is 0 Å². The molecule has 2 saturated heterocycles. The van der Waals surface area contributed by atoms with E-state index in [1.54, 1.807) is 0 Å². The first-order chi connectivity index (χ1) is 6.75. The zero-order chi connectivity index (χ0) is 9.97. The van der Waals surface area contributed by atoms with Crippen LogP contribution in [0.5, 0.6) is 0 Å². The molecule has 2 heterocycles. The van der Waals surface area contributed by atoms with Crippen LogP contribution in [-0.4, -0.2) is 36.6 Å². The van der Waals surface area contributed by atoms with Crippen LogP contribution in [0.3, 0.4) is 0 Å². The van der Waals surface area contributed by atoms with Gasteiger partial charge in [-0.25, -0.2) is 0 Å². The normalized spacial score (nSPS) is 36.0. The second kappa shape index (κ2) is 7.75. The van der Waals surface area contributed by atoms with Crippen molar-refractivity contribution in [2.45, 2.75) is 51.6 Å². The van der Waals surface area contributed by atoms with E-state index in [1.165, 1.54) is 45.3 Å². The highest BCUT2D eigenvalue weighted by atomic mass is 35.5. The number of likely N-dealkylation sites (tertiary alicyclic amines) is 1. The molecule has 2 aliphatic rings. The summed E-state index contributed by atoms with van der Waals surface area (Å²) in [5.41, 5.74) is 0. The minimum absolute atomic E-state index is 0. The molecule has 0 radical (unpaired) electrons. The number of rotatable bonds is 1. The van der Waals surface area contributed by atoms with Gasteiger partial charge in [-0.1, -0.05) is 6.92 Å². The van der Waals surface area contributed by atoms with Crippen LogP contribution in [0.2, 0.25) is 0 Å². The first-order valence-electron chi connectivity index (χ1n) is 6.23. The van der Waals surface area contributed by atoms with Crippen molar-refractivity contribution in [1.29, 1.82) is 0 Å². The molecule has 1 N–H and O–H groups in total. The summed E-state index contributed by atoms with van der Waals surface area (Å²) in [6, 6.07) is 1.60. The van der Waals surface area contributed by atoms with Gasteiger partial charge in [0.05, 0.1) is 0 Å². The smallest absolute Gasteiger partial charge is 0.0122 e. The summed E-state index contributed by atoms with van der Waals surface area (Å²) in [6.45, 7) is 8.63. The minimum atomic E-state index is 0. The summed E-state index contributed by atoms with van der Waals surface area (Å²) in [7, 11) is 0. The Morgan fingerprint density at radius 3 is 2.50 bits per heavy atom. The Bertz CT molecular complexity index is 170. The number of hydrogen-bond donors (Lipinski definition) is 1. The van der Waals surface area contributed by atoms with Crippen LogP contribution >= 0.6 is 24.8 Å². The Labute approximate surface area is 112 Å². The van der Waals surface area contributed by atoms with E-state index in [4.69, 9.17) is 0 Å². The average molecular weight is 269 g/mol. The maximum absolute atomic E-state index is 3.54. The molecule has 0 aliphatic carbocycles. The molecule has 3 atom stereocenters. The Hall–Kier alpha value is 0.500. The Balaban J connectivity index is 0.00000112. The lowest BCUT2D eigenvalue weighted by molar-refractivity contribution is 0.0985. The molecule has 2 nitrogen and oxygen atoms in total. The van der Waals surface area contributed by atoms with Crippen molar-refractivity contribution in [3.8, 4) is 0 Å². The van der Waals surface area contributed by atoms with Gasteiger partial charge in [0.2, 0.25) is 0 Å². The van der Waals surface area contributed by atoms with Crippen LogP contribution in [-0.2, 0) is 0 Å². The highest BCUT2D eigenvalue weighted by molar-refractivity contribution is 5.85. The van der Waals surface area contributed by atoms with E-state index in [0.29, 0.717) is 0 Å². The zero-order valence-electron chi connectivity index (χ0n) is 10.4. The fraction of sp³-hybridized carbons (Fsp3) is 1.00. The molecular formula is C12H26Cl2N2. The molecule has 2 rings (SSSR count). The molecule has 0 amide bonds. The maximum Gasteiger partial charge on any atom is 0.0122 e.